The summed E-state index contributed by atoms with van der Waals surface area (Å²) in [5.41, 5.74) is 5.21. The summed E-state index contributed by atoms with van der Waals surface area (Å²) in [6.07, 6.45) is 2.16. The Kier molecular flexibility index (Phi) is 1.97. The molecule has 0 unspecified atom stereocenters. The smallest absolute Gasteiger partial charge is 0.220 e. The van der Waals surface area contributed by atoms with Crippen LogP contribution in [0, 0.1) is 17.8 Å². The van der Waals surface area contributed by atoms with E-state index in [0.29, 0.717) is 11.8 Å². The van der Waals surface area contributed by atoms with E-state index in [4.69, 9.17) is 5.73 Å². The predicted molar refractivity (Wildman–Crippen MR) is 40.2 cm³/mol. The molecule has 1 fully saturated rings. The molecular weight excluding hydrogens is 126 g/mol. The van der Waals surface area contributed by atoms with Crippen LogP contribution in [-0.2, 0) is 4.79 Å². The van der Waals surface area contributed by atoms with E-state index in [1.807, 2.05) is 0 Å². The van der Waals surface area contributed by atoms with Gasteiger partial charge in [-0.3, -0.25) is 4.79 Å². The fraction of sp³-hybridized carbons (Fsp3) is 0.875. The zero-order valence-corrected chi connectivity index (χ0v) is 6.63. The molecule has 2 heteroatoms. The second-order valence-electron chi connectivity index (χ2n) is 3.42. The van der Waals surface area contributed by atoms with Crippen molar-refractivity contribution in [3.05, 3.63) is 0 Å². The van der Waals surface area contributed by atoms with Crippen LogP contribution in [0.1, 0.15) is 26.7 Å². The van der Waals surface area contributed by atoms with Gasteiger partial charge in [0.25, 0.3) is 0 Å². The molecule has 0 aromatic rings. The molecule has 1 saturated carbocycles. The maximum atomic E-state index is 10.8. The average molecular weight is 141 g/mol. The second kappa shape index (κ2) is 2.60. The van der Waals surface area contributed by atoms with Gasteiger partial charge in [-0.25, -0.2) is 0 Å². The van der Waals surface area contributed by atoms with Crippen LogP contribution < -0.4 is 5.73 Å². The Morgan fingerprint density at radius 1 is 1.40 bits per heavy atom. The van der Waals surface area contributed by atoms with Crippen molar-refractivity contribution >= 4 is 5.91 Å². The summed E-state index contributed by atoms with van der Waals surface area (Å²) in [4.78, 5) is 10.8. The van der Waals surface area contributed by atoms with Gasteiger partial charge in [0, 0.05) is 5.92 Å². The molecule has 1 amide bonds. The zero-order chi connectivity index (χ0) is 7.72. The van der Waals surface area contributed by atoms with Gasteiger partial charge in [0.05, 0.1) is 0 Å². The Labute approximate surface area is 61.8 Å². The van der Waals surface area contributed by atoms with Crippen LogP contribution in [0.25, 0.3) is 0 Å². The number of carbonyl (C=O) groups is 1. The number of hydrogen-bond acceptors (Lipinski definition) is 1. The molecule has 0 aromatic carbocycles. The molecular formula is C8H15NO. The second-order valence-corrected chi connectivity index (χ2v) is 3.42. The topological polar surface area (TPSA) is 43.1 Å². The fourth-order valence-electron chi connectivity index (χ4n) is 1.77. The Bertz CT molecular complexity index is 144. The van der Waals surface area contributed by atoms with Crippen LogP contribution >= 0.6 is 0 Å². The molecule has 10 heavy (non-hydrogen) atoms. The zero-order valence-electron chi connectivity index (χ0n) is 6.63. The minimum atomic E-state index is -0.114. The van der Waals surface area contributed by atoms with Crippen LogP contribution in [0.3, 0.4) is 0 Å². The van der Waals surface area contributed by atoms with E-state index in [2.05, 4.69) is 13.8 Å². The highest BCUT2D eigenvalue weighted by Gasteiger charge is 2.33. The van der Waals surface area contributed by atoms with Crippen molar-refractivity contribution in [2.24, 2.45) is 23.5 Å². The molecule has 1 aliphatic rings. The number of carbonyl (C=O) groups excluding carboxylic acids is 1. The molecule has 1 aliphatic carbocycles. The maximum absolute atomic E-state index is 10.8. The molecule has 0 aromatic heterocycles. The van der Waals surface area contributed by atoms with Crippen molar-refractivity contribution in [2.45, 2.75) is 26.7 Å². The van der Waals surface area contributed by atoms with Crippen molar-refractivity contribution in [2.75, 3.05) is 0 Å². The summed E-state index contributed by atoms with van der Waals surface area (Å²) < 4.78 is 0. The molecule has 0 saturated heterocycles. The lowest BCUT2D eigenvalue weighted by Crippen LogP contribution is -2.26. The first-order valence-corrected chi connectivity index (χ1v) is 3.92. The highest BCUT2D eigenvalue weighted by Crippen LogP contribution is 2.35. The summed E-state index contributed by atoms with van der Waals surface area (Å²) >= 11 is 0. The van der Waals surface area contributed by atoms with Crippen molar-refractivity contribution in [3.8, 4) is 0 Å². The summed E-state index contributed by atoms with van der Waals surface area (Å²) in [7, 11) is 0. The molecule has 58 valence electrons. The minimum absolute atomic E-state index is 0.114. The molecule has 0 spiro atoms. The van der Waals surface area contributed by atoms with E-state index in [1.54, 1.807) is 0 Å². The monoisotopic (exact) mass is 141 g/mol. The number of primary amides is 1. The molecule has 3 atom stereocenters. The van der Waals surface area contributed by atoms with E-state index in [0.717, 1.165) is 12.8 Å². The lowest BCUT2D eigenvalue weighted by Gasteiger charge is -2.13. The van der Waals surface area contributed by atoms with Gasteiger partial charge in [-0.15, -0.1) is 0 Å². The first kappa shape index (κ1) is 7.58. The number of amides is 1. The SMILES string of the molecule is C[C@H]1[C@@H](C(N)=O)CC[C@@H]1C. The Balaban J connectivity index is 2.57. The average Bonchev–Trinajstić information content (AvgIpc) is 2.14. The standard InChI is InChI=1S/C8H15NO/c1-5-3-4-7(6(5)2)8(9)10/h5-7H,3-4H2,1-2H3,(H2,9,10)/t5-,6+,7-/m0/s1. The van der Waals surface area contributed by atoms with Crippen LogP contribution in [0.4, 0.5) is 0 Å². The molecule has 0 radical (unpaired) electrons. The lowest BCUT2D eigenvalue weighted by atomic mass is 9.92. The number of nitrogens with two attached hydrogens (primary N) is 1. The molecule has 0 aliphatic heterocycles. The van der Waals surface area contributed by atoms with E-state index in [9.17, 15) is 4.79 Å². The lowest BCUT2D eigenvalue weighted by molar-refractivity contribution is -0.122. The van der Waals surface area contributed by atoms with Crippen LogP contribution in [0.2, 0.25) is 0 Å². The quantitative estimate of drug-likeness (QED) is 0.585. The first-order valence-electron chi connectivity index (χ1n) is 3.92. The van der Waals surface area contributed by atoms with Crippen molar-refractivity contribution < 1.29 is 4.79 Å². The number of hydrogen-bond donors (Lipinski definition) is 1. The fourth-order valence-corrected chi connectivity index (χ4v) is 1.77. The highest BCUT2D eigenvalue weighted by atomic mass is 16.1. The highest BCUT2D eigenvalue weighted by molar-refractivity contribution is 5.77. The summed E-state index contributed by atoms with van der Waals surface area (Å²) in [5, 5.41) is 0. The molecule has 2 N–H and O–H groups in total. The number of rotatable bonds is 1. The largest absolute Gasteiger partial charge is 0.369 e. The Morgan fingerprint density at radius 2 is 2.00 bits per heavy atom. The van der Waals surface area contributed by atoms with Gasteiger partial charge in [-0.1, -0.05) is 13.8 Å². The van der Waals surface area contributed by atoms with Gasteiger partial charge in [0.1, 0.15) is 0 Å². The van der Waals surface area contributed by atoms with Crippen LogP contribution in [0.15, 0.2) is 0 Å². The van der Waals surface area contributed by atoms with E-state index in [1.165, 1.54) is 0 Å². The first-order chi connectivity index (χ1) is 4.63. The third-order valence-corrected chi connectivity index (χ3v) is 2.83. The van der Waals surface area contributed by atoms with Gasteiger partial charge in [-0.2, -0.15) is 0 Å². The van der Waals surface area contributed by atoms with Crippen LogP contribution in [0.5, 0.6) is 0 Å². The summed E-state index contributed by atoms with van der Waals surface area (Å²) in [5.74, 6) is 1.21. The van der Waals surface area contributed by atoms with Gasteiger partial charge in [0.15, 0.2) is 0 Å². The third-order valence-electron chi connectivity index (χ3n) is 2.83. The normalized spacial score (nSPS) is 40.0. The molecule has 0 bridgehead atoms. The van der Waals surface area contributed by atoms with Crippen molar-refractivity contribution in [3.63, 3.8) is 0 Å². The van der Waals surface area contributed by atoms with Gasteiger partial charge < -0.3 is 5.73 Å². The summed E-state index contributed by atoms with van der Waals surface area (Å²) in [6.45, 7) is 4.31. The van der Waals surface area contributed by atoms with E-state index in [-0.39, 0.29) is 11.8 Å². The van der Waals surface area contributed by atoms with Crippen molar-refractivity contribution in [1.82, 2.24) is 0 Å². The maximum Gasteiger partial charge on any atom is 0.220 e. The predicted octanol–water partition coefficient (Wildman–Crippen LogP) is 1.15. The molecule has 1 rings (SSSR count). The van der Waals surface area contributed by atoms with E-state index >= 15 is 0 Å². The summed E-state index contributed by atoms with van der Waals surface area (Å²) in [6, 6.07) is 0. The molecule has 0 heterocycles. The van der Waals surface area contributed by atoms with Crippen LogP contribution in [-0.4, -0.2) is 5.91 Å². The van der Waals surface area contributed by atoms with Gasteiger partial charge >= 0.3 is 0 Å². The molecule has 2 nitrogen and oxygen atoms in total. The van der Waals surface area contributed by atoms with Gasteiger partial charge in [0.2, 0.25) is 5.91 Å². The Hall–Kier alpha value is -0.530. The van der Waals surface area contributed by atoms with Gasteiger partial charge in [-0.05, 0) is 24.7 Å². The minimum Gasteiger partial charge on any atom is -0.369 e. The third kappa shape index (κ3) is 1.15. The van der Waals surface area contributed by atoms with E-state index < -0.39 is 0 Å². The Morgan fingerprint density at radius 3 is 2.20 bits per heavy atom. The van der Waals surface area contributed by atoms with Crippen molar-refractivity contribution in [1.29, 1.82) is 0 Å².